The van der Waals surface area contributed by atoms with Crippen LogP contribution in [0.15, 0.2) is 273 Å². The number of fused-ring (bicyclic) bond motifs is 5. The molecule has 0 aromatic heterocycles. The van der Waals surface area contributed by atoms with Gasteiger partial charge >= 0.3 is 0 Å². The van der Waals surface area contributed by atoms with Gasteiger partial charge in [0, 0.05) is 18.3 Å². The van der Waals surface area contributed by atoms with Gasteiger partial charge in [0.05, 0.1) is 90.5 Å². The van der Waals surface area contributed by atoms with Crippen LogP contribution < -0.4 is 0 Å². The fourth-order valence-corrected chi connectivity index (χ4v) is 22.3. The quantitative estimate of drug-likeness (QED) is 0.0340. The van der Waals surface area contributed by atoms with Gasteiger partial charge in [-0.25, -0.2) is 0 Å². The number of hydrogen-bond acceptors (Lipinski definition) is 17. The van der Waals surface area contributed by atoms with Crippen LogP contribution >= 0.6 is 0 Å². The Bertz CT molecular complexity index is 4700. The summed E-state index contributed by atoms with van der Waals surface area (Å²) in [6.45, 7) is 16.6. The van der Waals surface area contributed by atoms with Crippen molar-refractivity contribution < 1.29 is 80.6 Å². The van der Waals surface area contributed by atoms with Crippen molar-refractivity contribution in [1.82, 2.24) is 0 Å². The molecule has 17 heteroatoms. The topological polar surface area (TPSA) is 165 Å². The molecule has 0 radical (unpaired) electrons. The number of rotatable bonds is 36. The van der Waals surface area contributed by atoms with Crippen LogP contribution in [0.5, 0.6) is 0 Å². The largest absolute Gasteiger partial charge is 0.374 e. The molecule has 4 saturated heterocycles. The molecule has 8 aliphatic rings. The first-order chi connectivity index (χ1) is 61.2. The van der Waals surface area contributed by atoms with E-state index in [1.54, 1.807) is 0 Å². The summed E-state index contributed by atoms with van der Waals surface area (Å²) >= 11 is 0. The lowest BCUT2D eigenvalue weighted by Gasteiger charge is -2.61. The molecule has 8 fully saturated rings. The van der Waals surface area contributed by atoms with Gasteiger partial charge in [0.1, 0.15) is 66.8 Å². The van der Waals surface area contributed by atoms with Crippen molar-refractivity contribution in [3.8, 4) is 0 Å². The Labute approximate surface area is 740 Å². The van der Waals surface area contributed by atoms with Gasteiger partial charge in [-0.15, -0.1) is 0 Å². The fourth-order valence-electron chi connectivity index (χ4n) is 22.3. The first-order valence-electron chi connectivity index (χ1n) is 46.2. The van der Waals surface area contributed by atoms with E-state index in [0.717, 1.165) is 95.0 Å². The SMILES string of the molecule is C[C@H]([C@@H]1CC[C@@H](C)[C@H](O[C@@H]2O[C@@H](C)[C@H](OCc3ccccc3)[C@@H](OCc3ccccc3)[C@H]2OCc2ccccc2)O1)[C@H]1CC[C@H]2[C@@H]3CC(=O)[C@H]4C[C@@H](O[C@@H]5O[C@H](COCc6ccccc6)[C@@H](OCc6ccccc6)[C@H](OCc6ccccc6)[C@H]5O[C@@H]5O[C@@H](C)[C@H](OCc6ccccc6)[C@@H](OCc6ccccc6)[C@H]5OCc5ccccc5)CC[C@]4(C)[C@H]3CC[C@]12C. The van der Waals surface area contributed by atoms with Gasteiger partial charge in [0.15, 0.2) is 25.2 Å². The highest BCUT2D eigenvalue weighted by atomic mass is 16.8. The molecule has 9 aromatic carbocycles. The first kappa shape index (κ1) is 89.0. The molecule has 4 aliphatic carbocycles. The molecule has 17 rings (SSSR count). The van der Waals surface area contributed by atoms with Gasteiger partial charge < -0.3 is 75.8 Å². The maximum Gasteiger partial charge on any atom is 0.189 e. The molecule has 4 heterocycles. The normalized spacial score (nSPS) is 33.7. The summed E-state index contributed by atoms with van der Waals surface area (Å²) < 4.78 is 116. The molecule has 0 spiro atoms. The second-order valence-corrected chi connectivity index (χ2v) is 37.1. The predicted octanol–water partition coefficient (Wildman–Crippen LogP) is 20.5. The molecule has 4 saturated carbocycles. The number of benzene rings is 9. The monoisotopic (exact) mass is 1700 g/mol. The van der Waals surface area contributed by atoms with Crippen LogP contribution in [0.3, 0.4) is 0 Å². The van der Waals surface area contributed by atoms with Gasteiger partial charge in [0.25, 0.3) is 0 Å². The minimum atomic E-state index is -1.11. The molecular formula is C108H128O17. The maximum atomic E-state index is 15.9. The van der Waals surface area contributed by atoms with Crippen molar-refractivity contribution in [1.29, 1.82) is 0 Å². The van der Waals surface area contributed by atoms with E-state index in [-0.39, 0.29) is 73.6 Å². The Balaban J connectivity index is 0.631. The highest BCUT2D eigenvalue weighted by Crippen LogP contribution is 2.68. The molecule has 17 nitrogen and oxygen atoms in total. The number of hydrogen-bond donors (Lipinski definition) is 0. The number of carbonyl (C=O) groups is 1. The Morgan fingerprint density at radius 1 is 0.336 bits per heavy atom. The van der Waals surface area contributed by atoms with E-state index in [2.05, 4.69) is 144 Å². The zero-order chi connectivity index (χ0) is 85.5. The van der Waals surface area contributed by atoms with Gasteiger partial charge in [-0.2, -0.15) is 0 Å². The minimum Gasteiger partial charge on any atom is -0.374 e. The maximum absolute atomic E-state index is 15.9. The Kier molecular flexibility index (Phi) is 30.3. The van der Waals surface area contributed by atoms with Gasteiger partial charge in [0.2, 0.25) is 0 Å². The van der Waals surface area contributed by atoms with Crippen LogP contribution in [-0.4, -0.2) is 123 Å². The Morgan fingerprint density at radius 3 is 1.11 bits per heavy atom. The zero-order valence-corrected chi connectivity index (χ0v) is 73.5. The van der Waals surface area contributed by atoms with Gasteiger partial charge in [-0.1, -0.05) is 301 Å². The molecule has 0 unspecified atom stereocenters. The van der Waals surface area contributed by atoms with Crippen LogP contribution in [0.4, 0.5) is 0 Å². The zero-order valence-electron chi connectivity index (χ0n) is 73.5. The average molecular weight is 1700 g/mol. The summed E-state index contributed by atoms with van der Waals surface area (Å²) in [6, 6.07) is 91.9. The summed E-state index contributed by atoms with van der Waals surface area (Å²) in [4.78, 5) is 15.9. The highest BCUT2D eigenvalue weighted by molar-refractivity contribution is 5.83. The summed E-state index contributed by atoms with van der Waals surface area (Å²) in [5.41, 5.74) is 8.85. The van der Waals surface area contributed by atoms with Crippen molar-refractivity contribution >= 4 is 5.78 Å². The molecule has 9 aromatic rings. The highest BCUT2D eigenvalue weighted by Gasteiger charge is 2.64. The smallest absolute Gasteiger partial charge is 0.189 e. The molecule has 0 N–H and O–H groups in total. The lowest BCUT2D eigenvalue weighted by molar-refractivity contribution is -0.385. The van der Waals surface area contributed by atoms with Crippen LogP contribution in [0.25, 0.3) is 0 Å². The molecule has 662 valence electrons. The summed E-state index contributed by atoms with van der Waals surface area (Å²) in [5.74, 6) is 1.84. The van der Waals surface area contributed by atoms with E-state index < -0.39 is 105 Å². The molecule has 27 atom stereocenters. The van der Waals surface area contributed by atoms with Crippen molar-refractivity contribution in [3.05, 3.63) is 323 Å². The number of ether oxygens (including phenoxy) is 16. The van der Waals surface area contributed by atoms with E-state index in [0.29, 0.717) is 75.8 Å². The van der Waals surface area contributed by atoms with E-state index in [1.807, 2.05) is 171 Å². The molecular weight excluding hydrogens is 1570 g/mol. The lowest BCUT2D eigenvalue weighted by atomic mass is 9.44. The summed E-state index contributed by atoms with van der Waals surface area (Å²) in [5, 5.41) is 0. The van der Waals surface area contributed by atoms with Gasteiger partial charge in [-0.3, -0.25) is 4.79 Å². The van der Waals surface area contributed by atoms with E-state index >= 15 is 4.79 Å². The number of Topliss-reactive ketones (excluding diaryl/α,β-unsaturated/α-hetero) is 1. The molecule has 0 amide bonds. The van der Waals surface area contributed by atoms with Crippen LogP contribution in [0, 0.1) is 52.3 Å². The van der Waals surface area contributed by atoms with E-state index in [4.69, 9.17) is 75.8 Å². The molecule has 0 bridgehead atoms. The average Bonchev–Trinajstić information content (AvgIpc) is 1.66. The Hall–Kier alpha value is -7.99. The molecule has 4 aliphatic heterocycles. The Morgan fingerprint density at radius 2 is 0.688 bits per heavy atom. The third-order valence-corrected chi connectivity index (χ3v) is 29.0. The number of carbonyl (C=O) groups excluding carboxylic acids is 1. The number of ketones is 1. The predicted molar refractivity (Wildman–Crippen MR) is 476 cm³/mol. The van der Waals surface area contributed by atoms with Crippen LogP contribution in [0.1, 0.15) is 156 Å². The van der Waals surface area contributed by atoms with Crippen molar-refractivity contribution in [2.75, 3.05) is 6.61 Å². The second kappa shape index (κ2) is 42.5. The fraction of sp³-hybridized carbons (Fsp3) is 0.491. The standard InChI is InChI=1S/C108H128O17/c1-72-52-55-92(122-103(72)125-105-101(118-70-84-50-32-15-33-51-84)98(115-67-81-44-26-12-27-45-81)95(75(4)120-105)112-64-78-38-20-9-21-39-78)73(2)87-53-54-88-86-61-91(109)90-60-85(56-58-108(90,6)89(86)57-59-107(87,88)5)121-106-102(99(116-68-82-46-28-13-29-47-82)96(113-65-79-40-22-10-23-41-79)93(123-106)71-110-62-76-34-16-7-17-35-76)124-104-100(117-69-83-48-30-14-31-49-83)97(114-66-80-42-24-11-25-43-80)94(74(3)119-104)111-63-77-36-18-8-19-37-77/h7-51,72-75,85-90,92-106H,52-71H2,1-6H3/t72-,73+,74+,75+,85+,86+,87-,88+,89+,90-,92+,93-,94+,95+,96-,97-,98-,99+,100-,101-,102-,103+,104+,105+,106-,107-,108-/m1/s1. The summed E-state index contributed by atoms with van der Waals surface area (Å²) in [7, 11) is 0. The third-order valence-electron chi connectivity index (χ3n) is 29.0. The first-order valence-corrected chi connectivity index (χ1v) is 46.2. The molecule has 125 heavy (non-hydrogen) atoms. The summed E-state index contributed by atoms with van der Waals surface area (Å²) in [6.07, 6.45) is -3.50. The van der Waals surface area contributed by atoms with Crippen molar-refractivity contribution in [2.45, 2.75) is 276 Å². The van der Waals surface area contributed by atoms with Gasteiger partial charge in [-0.05, 0) is 162 Å². The van der Waals surface area contributed by atoms with Crippen LogP contribution in [0.2, 0.25) is 0 Å². The lowest BCUT2D eigenvalue weighted by Crippen LogP contribution is -2.66. The third kappa shape index (κ3) is 21.6. The van der Waals surface area contributed by atoms with Crippen LogP contribution in [-0.2, 0) is 140 Å². The second-order valence-electron chi connectivity index (χ2n) is 37.1. The van der Waals surface area contributed by atoms with Crippen molar-refractivity contribution in [3.63, 3.8) is 0 Å². The minimum absolute atomic E-state index is 0.00948. The van der Waals surface area contributed by atoms with E-state index in [9.17, 15) is 0 Å². The van der Waals surface area contributed by atoms with Crippen molar-refractivity contribution in [2.24, 2.45) is 52.3 Å². The van der Waals surface area contributed by atoms with E-state index in [1.165, 1.54) is 0 Å².